The Bertz CT molecular complexity index is 2610. The van der Waals surface area contributed by atoms with E-state index in [-0.39, 0.29) is 12.1 Å². The molecule has 0 saturated heterocycles. The van der Waals surface area contributed by atoms with Crippen LogP contribution in [0.25, 0.3) is 53.6 Å². The maximum Gasteiger partial charge on any atom is 0.248 e. The molecule has 2 aliphatic rings. The quantitative estimate of drug-likeness (QED) is 0.173. The van der Waals surface area contributed by atoms with Crippen molar-refractivity contribution in [3.05, 3.63) is 157 Å². The fraction of sp³-hybridized carbons (Fsp3) is 0.0870. The van der Waals surface area contributed by atoms with Gasteiger partial charge < -0.3 is 4.90 Å². The summed E-state index contributed by atoms with van der Waals surface area (Å²) in [5, 5.41) is 2.66. The molecular weight excluding hydrogens is 609 g/mol. The fourth-order valence-electron chi connectivity index (χ4n) is 8.32. The first-order chi connectivity index (χ1) is 24.0. The van der Waals surface area contributed by atoms with Gasteiger partial charge >= 0.3 is 0 Å². The van der Waals surface area contributed by atoms with Crippen molar-refractivity contribution >= 4 is 71.7 Å². The van der Waals surface area contributed by atoms with E-state index in [1.807, 2.05) is 11.3 Å². The Morgan fingerprint density at radius 1 is 0.490 bits per heavy atom. The monoisotopic (exact) mass is 643 g/mol. The molecule has 0 unspecified atom stereocenters. The number of nitrogens with zero attached hydrogens (tertiary/aromatic N) is 1. The number of rotatable bonds is 3. The average Bonchev–Trinajstić information content (AvgIpc) is 3.68. The minimum absolute atomic E-state index is 0.0265. The van der Waals surface area contributed by atoms with E-state index in [1.165, 1.54) is 92.6 Å². The lowest BCUT2D eigenvalue weighted by atomic mass is 9.37. The summed E-state index contributed by atoms with van der Waals surface area (Å²) in [6, 6.07) is 56.8. The van der Waals surface area contributed by atoms with Gasteiger partial charge in [0.05, 0.1) is 5.69 Å². The molecule has 3 heterocycles. The molecule has 0 bridgehead atoms. The van der Waals surface area contributed by atoms with Gasteiger partial charge in [-0.15, -0.1) is 11.3 Å². The predicted octanol–water partition coefficient (Wildman–Crippen LogP) is 11.0. The second kappa shape index (κ2) is 10.6. The van der Waals surface area contributed by atoms with Gasteiger partial charge in [0.25, 0.3) is 0 Å². The zero-order chi connectivity index (χ0) is 32.9. The Labute approximate surface area is 292 Å². The third-order valence-corrected chi connectivity index (χ3v) is 11.9. The van der Waals surface area contributed by atoms with Crippen LogP contribution in [0.2, 0.25) is 0 Å². The molecule has 8 aromatic rings. The highest BCUT2D eigenvalue weighted by atomic mass is 32.1. The topological polar surface area (TPSA) is 3.24 Å². The minimum Gasteiger partial charge on any atom is -0.311 e. The van der Waals surface area contributed by atoms with Crippen LogP contribution < -0.4 is 21.3 Å². The summed E-state index contributed by atoms with van der Waals surface area (Å²) in [7, 11) is 0. The van der Waals surface area contributed by atoms with Crippen LogP contribution in [0.1, 0.15) is 26.3 Å². The first-order valence-corrected chi connectivity index (χ1v) is 18.0. The summed E-state index contributed by atoms with van der Waals surface area (Å²) in [5.41, 5.74) is 17.0. The molecule has 0 amide bonds. The SMILES string of the molecule is CC(C)(C)c1ccc(N2c3ccccc3B3c4ccccc4-c4cc(-c5cccc6c5sc5ccccc56)cc2c43)c(-c2ccccc2)c1. The van der Waals surface area contributed by atoms with Crippen LogP contribution in [0.5, 0.6) is 0 Å². The van der Waals surface area contributed by atoms with Crippen LogP contribution in [0, 0.1) is 0 Å². The van der Waals surface area contributed by atoms with Crippen molar-refractivity contribution in [3.63, 3.8) is 0 Å². The maximum absolute atomic E-state index is 2.57. The van der Waals surface area contributed by atoms with E-state index in [0.717, 1.165) is 0 Å². The van der Waals surface area contributed by atoms with Gasteiger partial charge in [0.1, 0.15) is 0 Å². The van der Waals surface area contributed by atoms with Crippen molar-refractivity contribution in [2.75, 3.05) is 4.90 Å². The highest BCUT2D eigenvalue weighted by molar-refractivity contribution is 7.26. The Morgan fingerprint density at radius 2 is 1.20 bits per heavy atom. The molecule has 1 nitrogen and oxygen atoms in total. The van der Waals surface area contributed by atoms with Crippen LogP contribution in [0.3, 0.4) is 0 Å². The molecule has 10 rings (SSSR count). The van der Waals surface area contributed by atoms with Crippen LogP contribution in [0.15, 0.2) is 152 Å². The molecule has 0 saturated carbocycles. The Hall–Kier alpha value is -5.38. The van der Waals surface area contributed by atoms with Gasteiger partial charge in [0.2, 0.25) is 6.71 Å². The molecule has 0 N–H and O–H groups in total. The van der Waals surface area contributed by atoms with Gasteiger partial charge in [0, 0.05) is 37.1 Å². The number of fused-ring (bicyclic) bond motifs is 8. The fourth-order valence-corrected chi connectivity index (χ4v) is 9.56. The second-order valence-corrected chi connectivity index (χ2v) is 15.6. The minimum atomic E-state index is 0.0265. The predicted molar refractivity (Wildman–Crippen MR) is 214 cm³/mol. The van der Waals surface area contributed by atoms with Gasteiger partial charge in [0.15, 0.2) is 0 Å². The first-order valence-electron chi connectivity index (χ1n) is 17.2. The van der Waals surface area contributed by atoms with Gasteiger partial charge in [-0.2, -0.15) is 0 Å². The Balaban J connectivity index is 1.30. The van der Waals surface area contributed by atoms with E-state index < -0.39 is 0 Å². The molecule has 1 aromatic heterocycles. The number of benzene rings is 7. The van der Waals surface area contributed by atoms with E-state index in [4.69, 9.17) is 0 Å². The van der Waals surface area contributed by atoms with Gasteiger partial charge in [-0.1, -0.05) is 141 Å². The van der Waals surface area contributed by atoms with E-state index in [1.54, 1.807) is 0 Å². The summed E-state index contributed by atoms with van der Waals surface area (Å²) in [6.07, 6.45) is 0. The number of hydrogen-bond donors (Lipinski definition) is 0. The molecule has 7 aromatic carbocycles. The van der Waals surface area contributed by atoms with Crippen molar-refractivity contribution in [2.45, 2.75) is 26.2 Å². The van der Waals surface area contributed by atoms with Crippen molar-refractivity contribution in [1.29, 1.82) is 0 Å². The van der Waals surface area contributed by atoms with Crippen molar-refractivity contribution in [2.24, 2.45) is 0 Å². The number of thiophene rings is 1. The Morgan fingerprint density at radius 3 is 2.06 bits per heavy atom. The van der Waals surface area contributed by atoms with Gasteiger partial charge in [-0.25, -0.2) is 0 Å². The molecule has 0 spiro atoms. The maximum atomic E-state index is 2.57. The molecular formula is C46H34BNS. The summed E-state index contributed by atoms with van der Waals surface area (Å²) in [4.78, 5) is 2.57. The number of hydrogen-bond acceptors (Lipinski definition) is 2. The van der Waals surface area contributed by atoms with E-state index in [9.17, 15) is 0 Å². The third kappa shape index (κ3) is 4.25. The molecule has 0 radical (unpaired) electrons. The van der Waals surface area contributed by atoms with Crippen molar-refractivity contribution in [3.8, 4) is 33.4 Å². The molecule has 232 valence electrons. The third-order valence-electron chi connectivity index (χ3n) is 10.6. The molecule has 3 heteroatoms. The van der Waals surface area contributed by atoms with Crippen LogP contribution in [0.4, 0.5) is 17.1 Å². The molecule has 49 heavy (non-hydrogen) atoms. The summed E-state index contributed by atoms with van der Waals surface area (Å²) < 4.78 is 2.68. The largest absolute Gasteiger partial charge is 0.311 e. The standard InChI is InChI=1S/C46H34BNS/c1-46(2,3)31-24-25-40(36(28-31)29-14-5-4-6-15-29)48-41-22-11-10-21-39(41)47-38-20-9-7-16-33(38)37-26-30(27-42(48)44(37)47)32-18-13-19-35-34-17-8-12-23-43(34)49-45(32)35/h4-28H,1-3H3. The summed E-state index contributed by atoms with van der Waals surface area (Å²) in [6.45, 7) is 7.11. The summed E-state index contributed by atoms with van der Waals surface area (Å²) >= 11 is 1.91. The van der Waals surface area contributed by atoms with Crippen LogP contribution in [-0.4, -0.2) is 6.71 Å². The van der Waals surface area contributed by atoms with Gasteiger partial charge in [-0.3, -0.25) is 0 Å². The van der Waals surface area contributed by atoms with E-state index in [2.05, 4.69) is 177 Å². The Kier molecular flexibility index (Phi) is 6.17. The summed E-state index contributed by atoms with van der Waals surface area (Å²) in [5.74, 6) is 0. The van der Waals surface area contributed by atoms with Crippen LogP contribution >= 0.6 is 11.3 Å². The second-order valence-electron chi connectivity index (χ2n) is 14.5. The normalized spacial score (nSPS) is 13.1. The van der Waals surface area contributed by atoms with E-state index >= 15 is 0 Å². The number of para-hydroxylation sites is 1. The van der Waals surface area contributed by atoms with Crippen molar-refractivity contribution in [1.82, 2.24) is 0 Å². The van der Waals surface area contributed by atoms with Crippen molar-refractivity contribution < 1.29 is 0 Å². The lowest BCUT2D eigenvalue weighted by Gasteiger charge is -2.37. The number of anilines is 3. The molecule has 0 atom stereocenters. The zero-order valence-corrected chi connectivity index (χ0v) is 28.7. The highest BCUT2D eigenvalue weighted by Gasteiger charge is 2.43. The average molecular weight is 644 g/mol. The smallest absolute Gasteiger partial charge is 0.248 e. The van der Waals surface area contributed by atoms with Gasteiger partial charge in [-0.05, 0) is 86.1 Å². The molecule has 2 aliphatic heterocycles. The zero-order valence-electron chi connectivity index (χ0n) is 27.9. The molecule has 0 fully saturated rings. The van der Waals surface area contributed by atoms with E-state index in [0.29, 0.717) is 0 Å². The lowest BCUT2D eigenvalue weighted by molar-refractivity contribution is 0.590. The van der Waals surface area contributed by atoms with Crippen LogP contribution in [-0.2, 0) is 5.41 Å². The molecule has 0 aliphatic carbocycles. The lowest BCUT2D eigenvalue weighted by Crippen LogP contribution is -2.54. The first kappa shape index (κ1) is 28.6. The highest BCUT2D eigenvalue weighted by Crippen LogP contribution is 2.48.